The number of carbonyl (C=O) groups is 4. The highest BCUT2D eigenvalue weighted by Gasteiger charge is 2.63. The van der Waals surface area contributed by atoms with Crippen molar-refractivity contribution >= 4 is 56.4 Å². The smallest absolute Gasteiger partial charge is 0.408 e. The van der Waals surface area contributed by atoms with E-state index in [1.54, 1.807) is 71.9 Å². The van der Waals surface area contributed by atoms with Gasteiger partial charge in [-0.05, 0) is 51.0 Å². The maximum absolute atomic E-state index is 14.2. The average molecular weight is 733 g/mol. The van der Waals surface area contributed by atoms with Gasteiger partial charge in [0, 0.05) is 10.3 Å². The molecule has 0 radical (unpaired) electrons. The number of likely N-dealkylation sites (tertiary alicyclic amines) is 1. The van der Waals surface area contributed by atoms with Crippen molar-refractivity contribution in [3.63, 3.8) is 0 Å². The molecule has 1 unspecified atom stereocenters. The van der Waals surface area contributed by atoms with Crippen LogP contribution in [0.3, 0.4) is 0 Å². The second kappa shape index (κ2) is 11.5. The summed E-state index contributed by atoms with van der Waals surface area (Å²) in [4.78, 5) is 55.2. The molecule has 1 aromatic rings. The van der Waals surface area contributed by atoms with Gasteiger partial charge in [0.05, 0.1) is 11.8 Å². The van der Waals surface area contributed by atoms with E-state index < -0.39 is 73.3 Å². The Kier molecular flexibility index (Phi) is 8.92. The van der Waals surface area contributed by atoms with E-state index in [0.717, 1.165) is 0 Å². The maximum Gasteiger partial charge on any atom is 0.408 e. The lowest BCUT2D eigenvalue weighted by Crippen LogP contribution is -2.60. The van der Waals surface area contributed by atoms with Crippen LogP contribution in [-0.2, 0) is 34.7 Å². The summed E-state index contributed by atoms with van der Waals surface area (Å²) in [7, 11) is -3.85. The fraction of sp³-hybridized carbons (Fsp3) is 0.655. The normalized spacial score (nSPS) is 28.0. The number of aliphatic hydroxyl groups is 1. The molecule has 4 rings (SSSR count). The van der Waals surface area contributed by atoms with Crippen LogP contribution in [0.25, 0.3) is 0 Å². The molecule has 0 bridgehead atoms. The number of hydrogen-bond donors (Lipinski definition) is 4. The van der Waals surface area contributed by atoms with Gasteiger partial charge in [0.2, 0.25) is 21.8 Å². The van der Waals surface area contributed by atoms with E-state index >= 15 is 0 Å². The maximum atomic E-state index is 14.2. The van der Waals surface area contributed by atoms with Crippen LogP contribution in [0.15, 0.2) is 30.3 Å². The van der Waals surface area contributed by atoms with Gasteiger partial charge in [-0.25, -0.2) is 13.2 Å². The number of nitrogens with zero attached hydrogens (tertiary/aromatic N) is 1. The van der Waals surface area contributed by atoms with E-state index in [-0.39, 0.29) is 23.3 Å². The fourth-order valence-corrected chi connectivity index (χ4v) is 7.68. The minimum Gasteiger partial charge on any atom is -0.444 e. The van der Waals surface area contributed by atoms with Gasteiger partial charge in [-0.2, -0.15) is 0 Å². The van der Waals surface area contributed by atoms with Gasteiger partial charge >= 0.3 is 6.09 Å². The van der Waals surface area contributed by atoms with Crippen molar-refractivity contribution in [1.82, 2.24) is 20.3 Å². The zero-order valence-electron chi connectivity index (χ0n) is 25.3. The predicted molar refractivity (Wildman–Crippen MR) is 166 cm³/mol. The largest absolute Gasteiger partial charge is 0.444 e. The van der Waals surface area contributed by atoms with Gasteiger partial charge in [0.15, 0.2) is 0 Å². The van der Waals surface area contributed by atoms with Crippen molar-refractivity contribution in [2.45, 2.75) is 105 Å². The molecule has 1 saturated heterocycles. The van der Waals surface area contributed by atoms with Crippen LogP contribution in [0.4, 0.5) is 4.79 Å². The molecule has 238 valence electrons. The summed E-state index contributed by atoms with van der Waals surface area (Å²) in [6.45, 7) is 10.1. The second-order valence-corrected chi connectivity index (χ2v) is 17.3. The Morgan fingerprint density at radius 1 is 1.05 bits per heavy atom. The number of amides is 4. The Bertz CT molecular complexity index is 1390. The van der Waals surface area contributed by atoms with E-state index in [4.69, 9.17) is 4.74 Å². The molecule has 1 aromatic carbocycles. The Labute approximate surface area is 266 Å². The number of nitrogens with one attached hydrogen (secondary N) is 3. The van der Waals surface area contributed by atoms with Gasteiger partial charge < -0.3 is 25.4 Å². The standard InChI is InChI=1S/C29H41IN4O8S/c1-26(2,3)21(31-25(38)42-27(4,5)6)23(36)34-16-28(39,17-10-8-7-9-11-17)14-19(34)22(35)32-29(15-20(29)30)24(37)33-43(40,41)18-12-13-18/h7-11,18-21,39H,12-16H2,1-6H3,(H,31,38)(H,32,35)(H,33,37)/t19-,20+,21?,28-,29+/m0/s1. The minimum atomic E-state index is -3.85. The van der Waals surface area contributed by atoms with Crippen LogP contribution in [0.1, 0.15) is 72.8 Å². The molecule has 4 N–H and O–H groups in total. The summed E-state index contributed by atoms with van der Waals surface area (Å²) in [6, 6.07) is 6.29. The number of alkyl carbamates (subject to hydrolysis) is 1. The van der Waals surface area contributed by atoms with E-state index in [0.29, 0.717) is 18.4 Å². The van der Waals surface area contributed by atoms with Crippen molar-refractivity contribution in [2.24, 2.45) is 5.41 Å². The fourth-order valence-electron chi connectivity index (χ4n) is 5.18. The third-order valence-electron chi connectivity index (χ3n) is 7.84. The topological polar surface area (TPSA) is 171 Å². The number of hydrogen-bond acceptors (Lipinski definition) is 8. The summed E-state index contributed by atoms with van der Waals surface area (Å²) < 4.78 is 32.1. The summed E-state index contributed by atoms with van der Waals surface area (Å²) >= 11 is 1.98. The highest BCUT2D eigenvalue weighted by Crippen LogP contribution is 2.45. The Morgan fingerprint density at radius 2 is 1.63 bits per heavy atom. The minimum absolute atomic E-state index is 0.179. The Hall–Kier alpha value is -2.46. The number of alkyl halides is 1. The zero-order valence-corrected chi connectivity index (χ0v) is 28.2. The summed E-state index contributed by atoms with van der Waals surface area (Å²) in [6.07, 6.45) is 0.164. The highest BCUT2D eigenvalue weighted by molar-refractivity contribution is 14.1. The zero-order chi connectivity index (χ0) is 32.2. The lowest BCUT2D eigenvalue weighted by molar-refractivity contribution is -0.143. The van der Waals surface area contributed by atoms with Crippen molar-refractivity contribution in [3.05, 3.63) is 35.9 Å². The number of benzene rings is 1. The molecule has 2 saturated carbocycles. The van der Waals surface area contributed by atoms with Crippen LogP contribution in [0.5, 0.6) is 0 Å². The first-order valence-electron chi connectivity index (χ1n) is 14.3. The van der Waals surface area contributed by atoms with Crippen molar-refractivity contribution in [1.29, 1.82) is 0 Å². The monoisotopic (exact) mass is 732 g/mol. The van der Waals surface area contributed by atoms with E-state index in [1.165, 1.54) is 4.90 Å². The molecule has 0 aromatic heterocycles. The number of halogens is 1. The molecule has 1 heterocycles. The van der Waals surface area contributed by atoms with Crippen molar-refractivity contribution < 1.29 is 37.4 Å². The highest BCUT2D eigenvalue weighted by atomic mass is 127. The molecule has 4 amide bonds. The summed E-state index contributed by atoms with van der Waals surface area (Å²) in [5.41, 5.74) is -4.21. The van der Waals surface area contributed by atoms with Crippen LogP contribution >= 0.6 is 22.6 Å². The van der Waals surface area contributed by atoms with Crippen LogP contribution in [-0.4, -0.2) is 81.2 Å². The van der Waals surface area contributed by atoms with Gasteiger partial charge in [-0.1, -0.05) is 73.7 Å². The van der Waals surface area contributed by atoms with Crippen molar-refractivity contribution in [3.8, 4) is 0 Å². The number of carbonyl (C=O) groups excluding carboxylic acids is 4. The molecule has 14 heteroatoms. The molecule has 0 spiro atoms. The number of β-amino-alcohol motifs (C(OH)–C–C–N with tert-alkyl or cyclic N) is 1. The SMILES string of the molecule is CC(C)(C)OC(=O)NC(C(=O)N1C[C@](O)(c2ccccc2)C[C@H]1C(=O)N[C@]1(C(=O)NS(=O)(=O)C2CC2)C[C@H]1I)C(C)(C)C. The number of rotatable bonds is 8. The third-order valence-corrected chi connectivity index (χ3v) is 11.2. The Balaban J connectivity index is 1.63. The molecule has 5 atom stereocenters. The van der Waals surface area contributed by atoms with E-state index in [2.05, 4.69) is 15.4 Å². The first-order chi connectivity index (χ1) is 19.7. The Morgan fingerprint density at radius 3 is 2.12 bits per heavy atom. The predicted octanol–water partition coefficient (Wildman–Crippen LogP) is 2.09. The first-order valence-corrected chi connectivity index (χ1v) is 17.1. The van der Waals surface area contributed by atoms with Crippen LogP contribution in [0.2, 0.25) is 0 Å². The molecule has 3 aliphatic rings. The molecule has 43 heavy (non-hydrogen) atoms. The average Bonchev–Trinajstić information content (AvgIpc) is 3.79. The molecule has 1 aliphatic heterocycles. The molecule has 12 nitrogen and oxygen atoms in total. The van der Waals surface area contributed by atoms with Gasteiger partial charge in [0.25, 0.3) is 5.91 Å². The van der Waals surface area contributed by atoms with Gasteiger partial charge in [-0.3, -0.25) is 19.1 Å². The van der Waals surface area contributed by atoms with Crippen molar-refractivity contribution in [2.75, 3.05) is 6.54 Å². The van der Waals surface area contributed by atoms with E-state index in [9.17, 15) is 32.7 Å². The van der Waals surface area contributed by atoms with Gasteiger partial charge in [-0.15, -0.1) is 0 Å². The van der Waals surface area contributed by atoms with E-state index in [1.807, 2.05) is 22.6 Å². The lowest BCUT2D eigenvalue weighted by atomic mass is 9.85. The lowest BCUT2D eigenvalue weighted by Gasteiger charge is -2.36. The molecular weight excluding hydrogens is 691 g/mol. The first kappa shape index (κ1) is 33.4. The third kappa shape index (κ3) is 7.44. The molecule has 2 aliphatic carbocycles. The second-order valence-electron chi connectivity index (χ2n) is 13.8. The number of ether oxygens (including phenoxy) is 1. The summed E-state index contributed by atoms with van der Waals surface area (Å²) in [5.74, 6) is -2.13. The summed E-state index contributed by atoms with van der Waals surface area (Å²) in [5, 5.41) is 16.5. The molecular formula is C29H41IN4O8S. The van der Waals surface area contributed by atoms with Crippen LogP contribution in [0, 0.1) is 5.41 Å². The van der Waals surface area contributed by atoms with Gasteiger partial charge in [0.1, 0.15) is 28.8 Å². The quantitative estimate of drug-likeness (QED) is 0.233. The number of sulfonamides is 1. The molecule has 3 fully saturated rings. The van der Waals surface area contributed by atoms with Crippen LogP contribution < -0.4 is 15.4 Å².